The van der Waals surface area contributed by atoms with Gasteiger partial charge in [0.15, 0.2) is 0 Å². The minimum absolute atomic E-state index is 0.0744. The number of aromatic nitrogens is 2. The summed E-state index contributed by atoms with van der Waals surface area (Å²) in [6.07, 6.45) is 2.56. The van der Waals surface area contributed by atoms with Gasteiger partial charge in [-0.25, -0.2) is 14.8 Å². The molecule has 0 aliphatic carbocycles. The predicted molar refractivity (Wildman–Crippen MR) is 89.1 cm³/mol. The van der Waals surface area contributed by atoms with E-state index in [1.54, 1.807) is 19.2 Å². The van der Waals surface area contributed by atoms with Crippen LogP contribution in [0.1, 0.15) is 23.9 Å². The van der Waals surface area contributed by atoms with E-state index in [-0.39, 0.29) is 18.1 Å². The highest BCUT2D eigenvalue weighted by Gasteiger charge is 2.33. The molecule has 0 spiro atoms. The lowest BCUT2D eigenvalue weighted by molar-refractivity contribution is 0.240. The quantitative estimate of drug-likeness (QED) is 0.913. The number of carbonyl (C=O) groups excluding carboxylic acids is 1. The third-order valence-electron chi connectivity index (χ3n) is 4.12. The van der Waals surface area contributed by atoms with Gasteiger partial charge in [-0.1, -0.05) is 30.3 Å². The van der Waals surface area contributed by atoms with E-state index in [9.17, 15) is 4.79 Å². The molecular formula is C17H21N5O. The fourth-order valence-electron chi connectivity index (χ4n) is 3.08. The highest BCUT2D eigenvalue weighted by molar-refractivity contribution is 5.88. The molecule has 2 atom stereocenters. The van der Waals surface area contributed by atoms with E-state index < -0.39 is 0 Å². The van der Waals surface area contributed by atoms with Crippen molar-refractivity contribution in [1.82, 2.24) is 20.2 Å². The Bertz CT molecular complexity index is 676. The summed E-state index contributed by atoms with van der Waals surface area (Å²) >= 11 is 0. The first-order chi connectivity index (χ1) is 11.1. The molecule has 2 heterocycles. The maximum Gasteiger partial charge on any atom is 0.320 e. The summed E-state index contributed by atoms with van der Waals surface area (Å²) in [5, 5.41) is 5.85. The zero-order valence-electron chi connectivity index (χ0n) is 13.4. The maximum absolute atomic E-state index is 12.3. The maximum atomic E-state index is 12.3. The Balaban J connectivity index is 1.67. The van der Waals surface area contributed by atoms with Crippen LogP contribution in [-0.4, -0.2) is 40.5 Å². The van der Waals surface area contributed by atoms with Crippen molar-refractivity contribution < 1.29 is 4.79 Å². The van der Waals surface area contributed by atoms with Crippen molar-refractivity contribution in [2.75, 3.05) is 18.9 Å². The number of hydrogen-bond acceptors (Lipinski definition) is 4. The monoisotopic (exact) mass is 311 g/mol. The summed E-state index contributed by atoms with van der Waals surface area (Å²) in [7, 11) is 2.09. The molecule has 0 radical (unpaired) electrons. The lowest BCUT2D eigenvalue weighted by Crippen LogP contribution is -2.41. The molecule has 1 fully saturated rings. The number of hydrogen-bond donors (Lipinski definition) is 2. The number of nitrogens with zero attached hydrogens (tertiary/aromatic N) is 3. The van der Waals surface area contributed by atoms with Crippen LogP contribution >= 0.6 is 0 Å². The lowest BCUT2D eigenvalue weighted by Gasteiger charge is -2.26. The van der Waals surface area contributed by atoms with E-state index in [0.717, 1.165) is 13.0 Å². The summed E-state index contributed by atoms with van der Waals surface area (Å²) < 4.78 is 0. The molecule has 6 heteroatoms. The molecule has 2 aromatic rings. The molecule has 1 aliphatic rings. The largest absolute Gasteiger partial charge is 0.333 e. The van der Waals surface area contributed by atoms with Crippen LogP contribution in [-0.2, 0) is 0 Å². The predicted octanol–water partition coefficient (Wildman–Crippen LogP) is 2.35. The average Bonchev–Trinajstić information content (AvgIpc) is 2.88. The lowest BCUT2D eigenvalue weighted by atomic mass is 10.0. The summed E-state index contributed by atoms with van der Waals surface area (Å²) in [5.41, 5.74) is 1.22. The minimum Gasteiger partial charge on any atom is -0.333 e. The molecule has 6 nitrogen and oxygen atoms in total. The van der Waals surface area contributed by atoms with Gasteiger partial charge in [0.05, 0.1) is 12.1 Å². The Morgan fingerprint density at radius 2 is 2.04 bits per heavy atom. The molecule has 23 heavy (non-hydrogen) atoms. The van der Waals surface area contributed by atoms with Gasteiger partial charge in [-0.3, -0.25) is 10.2 Å². The normalized spacial score (nSPS) is 21.1. The first kappa shape index (κ1) is 15.4. The van der Waals surface area contributed by atoms with Gasteiger partial charge in [-0.2, -0.15) is 0 Å². The van der Waals surface area contributed by atoms with E-state index in [4.69, 9.17) is 0 Å². The molecular weight excluding hydrogens is 290 g/mol. The Kier molecular flexibility index (Phi) is 4.52. The highest BCUT2D eigenvalue weighted by Crippen LogP contribution is 2.30. The molecule has 2 amide bonds. The third kappa shape index (κ3) is 3.65. The first-order valence-corrected chi connectivity index (χ1v) is 7.76. The van der Waals surface area contributed by atoms with Crippen molar-refractivity contribution in [2.45, 2.75) is 25.4 Å². The van der Waals surface area contributed by atoms with Crippen molar-refractivity contribution in [3.05, 3.63) is 54.0 Å². The number of likely N-dealkylation sites (N-methyl/N-ethyl adjacent to an activating group) is 1. The van der Waals surface area contributed by atoms with Crippen molar-refractivity contribution in [2.24, 2.45) is 0 Å². The molecule has 1 aromatic heterocycles. The number of urea groups is 1. The van der Waals surface area contributed by atoms with E-state index in [1.165, 1.54) is 5.56 Å². The SMILES string of the molecule is Cc1nccc(NC(=O)NC2CCN(C)C2c2ccccc2)n1. The number of aryl methyl sites for hydroxylation is 1. The van der Waals surface area contributed by atoms with Gasteiger partial charge in [0.25, 0.3) is 0 Å². The van der Waals surface area contributed by atoms with Crippen LogP contribution in [0.2, 0.25) is 0 Å². The second kappa shape index (κ2) is 6.75. The van der Waals surface area contributed by atoms with Gasteiger partial charge in [-0.05, 0) is 32.0 Å². The summed E-state index contributed by atoms with van der Waals surface area (Å²) in [6.45, 7) is 2.75. The number of anilines is 1. The molecule has 1 aromatic carbocycles. The van der Waals surface area contributed by atoms with Crippen molar-refractivity contribution >= 4 is 11.8 Å². The number of rotatable bonds is 3. The summed E-state index contributed by atoms with van der Waals surface area (Å²) in [5.74, 6) is 1.14. The van der Waals surface area contributed by atoms with Gasteiger partial charge in [0, 0.05) is 12.7 Å². The summed E-state index contributed by atoms with van der Waals surface area (Å²) in [6, 6.07) is 12.0. The smallest absolute Gasteiger partial charge is 0.320 e. The fraction of sp³-hybridized carbons (Fsp3) is 0.353. The number of benzene rings is 1. The average molecular weight is 311 g/mol. The topological polar surface area (TPSA) is 70.2 Å². The molecule has 0 saturated carbocycles. The van der Waals surface area contributed by atoms with E-state index in [0.29, 0.717) is 11.6 Å². The molecule has 2 N–H and O–H groups in total. The number of likely N-dealkylation sites (tertiary alicyclic amines) is 1. The van der Waals surface area contributed by atoms with Crippen LogP contribution in [0.15, 0.2) is 42.6 Å². The van der Waals surface area contributed by atoms with Crippen LogP contribution in [0.4, 0.5) is 10.6 Å². The molecule has 3 rings (SSSR count). The summed E-state index contributed by atoms with van der Waals surface area (Å²) in [4.78, 5) is 22.7. The fourth-order valence-corrected chi connectivity index (χ4v) is 3.08. The van der Waals surface area contributed by atoms with E-state index in [1.807, 2.05) is 18.2 Å². The van der Waals surface area contributed by atoms with Crippen LogP contribution in [0.25, 0.3) is 0 Å². The van der Waals surface area contributed by atoms with Crippen molar-refractivity contribution in [3.8, 4) is 0 Å². The van der Waals surface area contributed by atoms with Gasteiger partial charge < -0.3 is 5.32 Å². The molecule has 2 unspecified atom stereocenters. The Morgan fingerprint density at radius 1 is 1.26 bits per heavy atom. The van der Waals surface area contributed by atoms with Crippen LogP contribution in [0.5, 0.6) is 0 Å². The van der Waals surface area contributed by atoms with Crippen molar-refractivity contribution in [3.63, 3.8) is 0 Å². The Labute approximate surface area is 135 Å². The highest BCUT2D eigenvalue weighted by atomic mass is 16.2. The standard InChI is InChI=1S/C17H21N5O/c1-12-18-10-8-15(19-12)21-17(23)20-14-9-11-22(2)16(14)13-6-4-3-5-7-13/h3-8,10,14,16H,9,11H2,1-2H3,(H2,18,19,20,21,23). The number of amides is 2. The molecule has 1 saturated heterocycles. The van der Waals surface area contributed by atoms with Gasteiger partial charge in [0.1, 0.15) is 11.6 Å². The number of carbonyl (C=O) groups is 1. The van der Waals surface area contributed by atoms with Crippen LogP contribution < -0.4 is 10.6 Å². The van der Waals surface area contributed by atoms with Gasteiger partial charge in [0.2, 0.25) is 0 Å². The van der Waals surface area contributed by atoms with Gasteiger partial charge >= 0.3 is 6.03 Å². The minimum atomic E-state index is -0.232. The Morgan fingerprint density at radius 3 is 2.78 bits per heavy atom. The second-order valence-electron chi connectivity index (χ2n) is 5.82. The molecule has 0 bridgehead atoms. The zero-order valence-corrected chi connectivity index (χ0v) is 13.4. The van der Waals surface area contributed by atoms with Gasteiger partial charge in [-0.15, -0.1) is 0 Å². The van der Waals surface area contributed by atoms with E-state index >= 15 is 0 Å². The number of nitrogens with one attached hydrogen (secondary N) is 2. The third-order valence-corrected chi connectivity index (χ3v) is 4.12. The van der Waals surface area contributed by atoms with Crippen molar-refractivity contribution in [1.29, 1.82) is 0 Å². The van der Waals surface area contributed by atoms with E-state index in [2.05, 4.69) is 44.7 Å². The zero-order chi connectivity index (χ0) is 16.2. The second-order valence-corrected chi connectivity index (χ2v) is 5.82. The molecule has 1 aliphatic heterocycles. The Hall–Kier alpha value is -2.47. The van der Waals surface area contributed by atoms with Crippen LogP contribution in [0, 0.1) is 6.92 Å². The first-order valence-electron chi connectivity index (χ1n) is 7.76. The molecule has 120 valence electrons. The van der Waals surface area contributed by atoms with Crippen LogP contribution in [0.3, 0.4) is 0 Å².